The average Bonchev–Trinajstić information content (AvgIpc) is 1.36. The molecule has 1 unspecified atom stereocenters. The molecule has 0 spiro atoms. The van der Waals surface area contributed by atoms with E-state index in [9.17, 15) is 4.79 Å². The number of hydrogen-bond acceptors (Lipinski definition) is 2. The summed E-state index contributed by atoms with van der Waals surface area (Å²) in [5, 5.41) is 7.87. The normalized spacial score (nSPS) is 10.2. The molecular formula is C3H7NNa2O2+2. The van der Waals surface area contributed by atoms with Crippen LogP contribution in [0.1, 0.15) is 6.92 Å². The van der Waals surface area contributed by atoms with Crippen molar-refractivity contribution in [3.05, 3.63) is 0 Å². The van der Waals surface area contributed by atoms with Crippen LogP contribution < -0.4 is 64.8 Å². The molecule has 1 atom stereocenters. The summed E-state index contributed by atoms with van der Waals surface area (Å²) in [5.41, 5.74) is 4.84. The zero-order chi connectivity index (χ0) is 5.15. The molecule has 0 heterocycles. The van der Waals surface area contributed by atoms with Gasteiger partial charge in [-0.15, -0.1) is 0 Å². The monoisotopic (exact) mass is 135 g/mol. The van der Waals surface area contributed by atoms with Crippen LogP contribution in [0.2, 0.25) is 0 Å². The summed E-state index contributed by atoms with van der Waals surface area (Å²) in [7, 11) is 0. The van der Waals surface area contributed by atoms with Crippen LogP contribution in [0.4, 0.5) is 0 Å². The van der Waals surface area contributed by atoms with Gasteiger partial charge in [-0.2, -0.15) is 0 Å². The smallest absolute Gasteiger partial charge is 0.480 e. The summed E-state index contributed by atoms with van der Waals surface area (Å²) < 4.78 is 0. The van der Waals surface area contributed by atoms with E-state index in [1.54, 1.807) is 0 Å². The first-order chi connectivity index (χ1) is 2.64. The van der Waals surface area contributed by atoms with Gasteiger partial charge in [0.2, 0.25) is 0 Å². The molecular weight excluding hydrogens is 128 g/mol. The minimum atomic E-state index is -0.963. The van der Waals surface area contributed by atoms with E-state index in [0.29, 0.717) is 0 Å². The maximum atomic E-state index is 9.57. The molecule has 0 aliphatic carbocycles. The molecule has 5 heteroatoms. The summed E-state index contributed by atoms with van der Waals surface area (Å²) >= 11 is 0. The van der Waals surface area contributed by atoms with E-state index >= 15 is 0 Å². The molecule has 0 aliphatic rings. The number of hydrogen-bond donors (Lipinski definition) is 2. The van der Waals surface area contributed by atoms with E-state index in [-0.39, 0.29) is 59.1 Å². The largest absolute Gasteiger partial charge is 1.00 e. The molecule has 0 saturated carbocycles. The fourth-order valence-corrected chi connectivity index (χ4v) is 0. The van der Waals surface area contributed by atoms with E-state index in [1.165, 1.54) is 6.92 Å². The molecule has 0 aromatic rings. The standard InChI is InChI=1S/C3H7NO2.2Na/c1-2(4)3(5)6;;/h2H,4H2,1H3,(H,5,6);;/q;2*+1. The van der Waals surface area contributed by atoms with Gasteiger partial charge in [0.05, 0.1) is 0 Å². The van der Waals surface area contributed by atoms with Gasteiger partial charge in [0.25, 0.3) is 0 Å². The van der Waals surface area contributed by atoms with Crippen molar-refractivity contribution in [2.45, 2.75) is 13.0 Å². The van der Waals surface area contributed by atoms with E-state index in [4.69, 9.17) is 10.8 Å². The molecule has 0 bridgehead atoms. The summed E-state index contributed by atoms with van der Waals surface area (Å²) in [6.45, 7) is 1.42. The average molecular weight is 135 g/mol. The predicted octanol–water partition coefficient (Wildman–Crippen LogP) is -6.57. The zero-order valence-corrected chi connectivity index (χ0v) is 9.51. The molecule has 0 radical (unpaired) electrons. The van der Waals surface area contributed by atoms with Crippen LogP contribution in [0.25, 0.3) is 0 Å². The van der Waals surface area contributed by atoms with Crippen molar-refractivity contribution in [1.29, 1.82) is 0 Å². The SMILES string of the molecule is CC(N)C(=O)O.[Na+].[Na+]. The van der Waals surface area contributed by atoms with Crippen LogP contribution in [0.5, 0.6) is 0 Å². The Labute approximate surface area is 92.6 Å². The van der Waals surface area contributed by atoms with Gasteiger partial charge in [0, 0.05) is 0 Å². The van der Waals surface area contributed by atoms with Gasteiger partial charge in [-0.3, -0.25) is 4.79 Å². The fourth-order valence-electron chi connectivity index (χ4n) is 0. The first kappa shape index (κ1) is 16.2. The quantitative estimate of drug-likeness (QED) is 0.351. The van der Waals surface area contributed by atoms with Crippen LogP contribution in [0, 0.1) is 0 Å². The number of nitrogens with two attached hydrogens (primary N) is 1. The number of aliphatic carboxylic acids is 1. The second-order valence-corrected chi connectivity index (χ2v) is 1.13. The fraction of sp³-hybridized carbons (Fsp3) is 0.667. The topological polar surface area (TPSA) is 63.3 Å². The van der Waals surface area contributed by atoms with Crippen molar-refractivity contribution in [2.75, 3.05) is 0 Å². The Morgan fingerprint density at radius 3 is 1.75 bits per heavy atom. The molecule has 0 aliphatic heterocycles. The van der Waals surface area contributed by atoms with Gasteiger partial charge < -0.3 is 10.8 Å². The third-order valence-corrected chi connectivity index (χ3v) is 0.390. The Morgan fingerprint density at radius 1 is 1.62 bits per heavy atom. The Balaban J connectivity index is -0.000000125. The van der Waals surface area contributed by atoms with Crippen molar-refractivity contribution < 1.29 is 69.0 Å². The van der Waals surface area contributed by atoms with Gasteiger partial charge in [0.1, 0.15) is 6.04 Å². The molecule has 8 heavy (non-hydrogen) atoms. The summed E-state index contributed by atoms with van der Waals surface area (Å²) in [6.07, 6.45) is 0. The van der Waals surface area contributed by atoms with Crippen molar-refractivity contribution in [3.8, 4) is 0 Å². The Bertz CT molecular complexity index is 66.3. The van der Waals surface area contributed by atoms with Crippen LogP contribution in [0.3, 0.4) is 0 Å². The first-order valence-electron chi connectivity index (χ1n) is 1.63. The molecule has 0 aromatic carbocycles. The minimum Gasteiger partial charge on any atom is -0.480 e. The van der Waals surface area contributed by atoms with Gasteiger partial charge >= 0.3 is 65.1 Å². The van der Waals surface area contributed by atoms with Crippen molar-refractivity contribution in [3.63, 3.8) is 0 Å². The molecule has 0 aromatic heterocycles. The summed E-state index contributed by atoms with van der Waals surface area (Å²) in [6, 6.07) is -0.731. The van der Waals surface area contributed by atoms with Crippen molar-refractivity contribution >= 4 is 5.97 Å². The summed E-state index contributed by atoms with van der Waals surface area (Å²) in [5.74, 6) is -0.963. The number of carbonyl (C=O) groups is 1. The Morgan fingerprint density at radius 2 is 1.75 bits per heavy atom. The van der Waals surface area contributed by atoms with Crippen LogP contribution in [0.15, 0.2) is 0 Å². The van der Waals surface area contributed by atoms with Crippen LogP contribution in [-0.4, -0.2) is 17.1 Å². The molecule has 0 fully saturated rings. The molecule has 0 amide bonds. The maximum Gasteiger partial charge on any atom is 1.00 e. The van der Waals surface area contributed by atoms with E-state index in [0.717, 1.165) is 0 Å². The molecule has 0 rings (SSSR count). The van der Waals surface area contributed by atoms with Gasteiger partial charge in [-0.05, 0) is 6.92 Å². The second-order valence-electron chi connectivity index (χ2n) is 1.13. The van der Waals surface area contributed by atoms with Crippen molar-refractivity contribution in [1.82, 2.24) is 0 Å². The van der Waals surface area contributed by atoms with E-state index < -0.39 is 12.0 Å². The van der Waals surface area contributed by atoms with Crippen molar-refractivity contribution in [2.24, 2.45) is 5.73 Å². The molecule has 36 valence electrons. The van der Waals surface area contributed by atoms with Gasteiger partial charge in [-0.25, -0.2) is 0 Å². The summed E-state index contributed by atoms with van der Waals surface area (Å²) in [4.78, 5) is 9.57. The van der Waals surface area contributed by atoms with Gasteiger partial charge in [-0.1, -0.05) is 0 Å². The predicted molar refractivity (Wildman–Crippen MR) is 21.3 cm³/mol. The molecule has 3 nitrogen and oxygen atoms in total. The number of rotatable bonds is 1. The van der Waals surface area contributed by atoms with Crippen LogP contribution >= 0.6 is 0 Å². The zero-order valence-electron chi connectivity index (χ0n) is 5.51. The number of carboxylic acid groups (broad SMARTS) is 1. The first-order valence-corrected chi connectivity index (χ1v) is 1.63. The van der Waals surface area contributed by atoms with E-state index in [2.05, 4.69) is 0 Å². The van der Waals surface area contributed by atoms with E-state index in [1.807, 2.05) is 0 Å². The Kier molecular flexibility index (Phi) is 17.1. The second kappa shape index (κ2) is 8.43. The molecule has 0 saturated heterocycles. The maximum absolute atomic E-state index is 9.57. The molecule has 3 N–H and O–H groups in total. The third kappa shape index (κ3) is 10.4. The third-order valence-electron chi connectivity index (χ3n) is 0.390. The number of carboxylic acids is 1. The van der Waals surface area contributed by atoms with Crippen LogP contribution in [-0.2, 0) is 4.79 Å². The van der Waals surface area contributed by atoms with Gasteiger partial charge in [0.15, 0.2) is 0 Å². The minimum absolute atomic E-state index is 0. The Hall–Kier alpha value is 1.43.